The highest BCUT2D eigenvalue weighted by Crippen LogP contribution is 2.31. The summed E-state index contributed by atoms with van der Waals surface area (Å²) in [5.74, 6) is -0.487. The van der Waals surface area contributed by atoms with Crippen LogP contribution < -0.4 is 16.6 Å². The number of para-hydroxylation sites is 1. The highest BCUT2D eigenvalue weighted by molar-refractivity contribution is 6.08. The number of carbonyl (C=O) groups is 1. The lowest BCUT2D eigenvalue weighted by Gasteiger charge is -2.13. The van der Waals surface area contributed by atoms with E-state index in [1.807, 2.05) is 26.0 Å². The van der Waals surface area contributed by atoms with Crippen molar-refractivity contribution in [2.45, 2.75) is 26.9 Å². The summed E-state index contributed by atoms with van der Waals surface area (Å²) >= 11 is 0. The number of aromatic amines is 1. The average molecular weight is 366 g/mol. The Balaban J connectivity index is 2.24. The van der Waals surface area contributed by atoms with Crippen molar-refractivity contribution in [2.75, 3.05) is 12.3 Å². The van der Waals surface area contributed by atoms with Crippen LogP contribution in [0.25, 0.3) is 22.2 Å². The van der Waals surface area contributed by atoms with Crippen molar-refractivity contribution < 1.29 is 9.90 Å². The third kappa shape index (κ3) is 3.41. The van der Waals surface area contributed by atoms with E-state index in [0.717, 1.165) is 12.0 Å². The maximum absolute atomic E-state index is 12.6. The maximum Gasteiger partial charge on any atom is 0.263 e. The number of aliphatic hydroxyl groups excluding tert-OH is 1. The molecule has 140 valence electrons. The first-order chi connectivity index (χ1) is 13.0. The third-order valence-electron chi connectivity index (χ3n) is 4.42. The number of nitrogens with zero attached hydrogens (tertiary/aromatic N) is 1. The van der Waals surface area contributed by atoms with Crippen LogP contribution in [0.3, 0.4) is 0 Å². The lowest BCUT2D eigenvalue weighted by Crippen LogP contribution is -2.31. The van der Waals surface area contributed by atoms with Gasteiger partial charge in [-0.1, -0.05) is 31.2 Å². The minimum atomic E-state index is -0.544. The maximum atomic E-state index is 12.6. The molecule has 0 unspecified atom stereocenters. The first kappa shape index (κ1) is 18.6. The number of aromatic nitrogens is 2. The Morgan fingerprint density at radius 1 is 1.30 bits per heavy atom. The van der Waals surface area contributed by atoms with Crippen molar-refractivity contribution in [3.05, 3.63) is 57.5 Å². The molecule has 0 saturated carbocycles. The molecule has 0 atom stereocenters. The second-order valence-corrected chi connectivity index (χ2v) is 6.35. The van der Waals surface area contributed by atoms with Gasteiger partial charge in [0.2, 0.25) is 0 Å². The number of aryl methyl sites for hydroxylation is 1. The summed E-state index contributed by atoms with van der Waals surface area (Å²) in [6, 6.07) is 8.99. The largest absolute Gasteiger partial charge is 0.397 e. The quantitative estimate of drug-likeness (QED) is 0.551. The van der Waals surface area contributed by atoms with Gasteiger partial charge in [0.1, 0.15) is 5.56 Å². The number of anilines is 1. The number of nitrogens with one attached hydrogen (secondary N) is 2. The number of nitrogens with two attached hydrogens (primary N) is 1. The topological polar surface area (TPSA) is 121 Å². The van der Waals surface area contributed by atoms with Crippen LogP contribution in [0.1, 0.15) is 35.0 Å². The van der Waals surface area contributed by atoms with Gasteiger partial charge in [-0.15, -0.1) is 0 Å². The molecule has 5 N–H and O–H groups in total. The molecule has 7 nitrogen and oxygen atoms in total. The second-order valence-electron chi connectivity index (χ2n) is 6.35. The van der Waals surface area contributed by atoms with E-state index in [2.05, 4.69) is 15.3 Å². The number of carbonyl (C=O) groups excluding carboxylic acids is 1. The molecule has 0 aliphatic carbocycles. The molecule has 27 heavy (non-hydrogen) atoms. The molecule has 0 fully saturated rings. The Morgan fingerprint density at radius 2 is 2.07 bits per heavy atom. The molecule has 7 heteroatoms. The third-order valence-corrected chi connectivity index (χ3v) is 4.42. The van der Waals surface area contributed by atoms with Crippen molar-refractivity contribution in [1.29, 1.82) is 0 Å². The number of H-pyrrole nitrogens is 1. The van der Waals surface area contributed by atoms with E-state index in [1.54, 1.807) is 18.2 Å². The zero-order valence-corrected chi connectivity index (χ0v) is 15.3. The molecule has 3 aromatic rings. The minimum Gasteiger partial charge on any atom is -0.397 e. The summed E-state index contributed by atoms with van der Waals surface area (Å²) < 4.78 is 0. The number of hydrogen-bond acceptors (Lipinski definition) is 5. The fourth-order valence-corrected chi connectivity index (χ4v) is 3.02. The predicted octanol–water partition coefficient (Wildman–Crippen LogP) is 2.11. The van der Waals surface area contributed by atoms with Crippen LogP contribution in [0.5, 0.6) is 0 Å². The standard InChI is InChI=1S/C20H22N4O3/c1-3-9-22-19(26)15-16(21)13-5-4-6-14(18(13)24-20(15)27)17-11(2)7-8-12(10-25)23-17/h4-8,25H,3,9-10H2,1-2H3,(H,22,26)(H3,21,24,27). The zero-order valence-electron chi connectivity index (χ0n) is 15.3. The van der Waals surface area contributed by atoms with Crippen LogP contribution in [-0.2, 0) is 6.61 Å². The normalized spacial score (nSPS) is 10.9. The Bertz CT molecular complexity index is 1070. The fraction of sp³-hybridized carbons (Fsp3) is 0.250. The van der Waals surface area contributed by atoms with E-state index in [-0.39, 0.29) is 17.9 Å². The number of benzene rings is 1. The molecule has 0 bridgehead atoms. The molecule has 2 aromatic heterocycles. The van der Waals surface area contributed by atoms with E-state index < -0.39 is 11.5 Å². The molecular formula is C20H22N4O3. The lowest BCUT2D eigenvalue weighted by molar-refractivity contribution is 0.0953. The second kappa shape index (κ2) is 7.59. The molecule has 0 aliphatic heterocycles. The number of nitrogen functional groups attached to an aromatic ring is 1. The zero-order chi connectivity index (χ0) is 19.6. The molecule has 1 amide bonds. The van der Waals surface area contributed by atoms with Gasteiger partial charge in [-0.2, -0.15) is 0 Å². The smallest absolute Gasteiger partial charge is 0.263 e. The van der Waals surface area contributed by atoms with Crippen molar-refractivity contribution in [2.24, 2.45) is 0 Å². The van der Waals surface area contributed by atoms with E-state index in [9.17, 15) is 14.7 Å². The molecule has 0 spiro atoms. The molecule has 0 saturated heterocycles. The van der Waals surface area contributed by atoms with Gasteiger partial charge in [-0.3, -0.25) is 14.6 Å². The molecule has 0 radical (unpaired) electrons. The Kier molecular flexibility index (Phi) is 5.23. The van der Waals surface area contributed by atoms with Gasteiger partial charge >= 0.3 is 0 Å². The van der Waals surface area contributed by atoms with E-state index >= 15 is 0 Å². The molecule has 1 aromatic carbocycles. The van der Waals surface area contributed by atoms with Crippen LogP contribution in [0.15, 0.2) is 35.1 Å². The summed E-state index contributed by atoms with van der Waals surface area (Å²) in [6.07, 6.45) is 0.757. The highest BCUT2D eigenvalue weighted by atomic mass is 16.3. The van der Waals surface area contributed by atoms with Crippen molar-refractivity contribution in [1.82, 2.24) is 15.3 Å². The van der Waals surface area contributed by atoms with Gasteiger partial charge in [-0.05, 0) is 25.0 Å². The Hall–Kier alpha value is -3.19. The summed E-state index contributed by atoms with van der Waals surface area (Å²) in [5.41, 5.74) is 8.96. The minimum absolute atomic E-state index is 0.0816. The van der Waals surface area contributed by atoms with Gasteiger partial charge in [0, 0.05) is 17.5 Å². The van der Waals surface area contributed by atoms with Gasteiger partial charge < -0.3 is 21.1 Å². The Morgan fingerprint density at radius 3 is 2.78 bits per heavy atom. The van der Waals surface area contributed by atoms with Gasteiger partial charge in [0.05, 0.1) is 29.2 Å². The van der Waals surface area contributed by atoms with Crippen LogP contribution in [-0.4, -0.2) is 27.5 Å². The number of rotatable bonds is 5. The van der Waals surface area contributed by atoms with Gasteiger partial charge in [0.25, 0.3) is 11.5 Å². The number of aliphatic hydroxyl groups is 1. The summed E-state index contributed by atoms with van der Waals surface area (Å²) in [4.78, 5) is 32.2. The Labute approximate surface area is 156 Å². The molecule has 0 aliphatic rings. The van der Waals surface area contributed by atoms with E-state index in [1.165, 1.54) is 0 Å². The predicted molar refractivity (Wildman–Crippen MR) is 105 cm³/mol. The van der Waals surface area contributed by atoms with Crippen LogP contribution >= 0.6 is 0 Å². The fourth-order valence-electron chi connectivity index (χ4n) is 3.02. The van der Waals surface area contributed by atoms with Gasteiger partial charge in [0.15, 0.2) is 0 Å². The molecule has 3 rings (SSSR count). The van der Waals surface area contributed by atoms with Gasteiger partial charge in [-0.25, -0.2) is 0 Å². The molecule has 2 heterocycles. The van der Waals surface area contributed by atoms with Crippen LogP contribution in [0, 0.1) is 6.92 Å². The first-order valence-corrected chi connectivity index (χ1v) is 8.78. The lowest BCUT2D eigenvalue weighted by atomic mass is 10.0. The monoisotopic (exact) mass is 366 g/mol. The first-order valence-electron chi connectivity index (χ1n) is 8.78. The van der Waals surface area contributed by atoms with Crippen molar-refractivity contribution >= 4 is 22.5 Å². The average Bonchev–Trinajstić information content (AvgIpc) is 2.66. The van der Waals surface area contributed by atoms with Crippen molar-refractivity contribution in [3.63, 3.8) is 0 Å². The van der Waals surface area contributed by atoms with Crippen LogP contribution in [0.2, 0.25) is 0 Å². The van der Waals surface area contributed by atoms with E-state index in [4.69, 9.17) is 5.73 Å². The summed E-state index contributed by atoms with van der Waals surface area (Å²) in [5, 5.41) is 12.6. The SMILES string of the molecule is CCCNC(=O)c1c(N)c2cccc(-c3nc(CO)ccc3C)c2[nH]c1=O. The number of pyridine rings is 2. The number of fused-ring (bicyclic) bond motifs is 1. The van der Waals surface area contributed by atoms with E-state index in [0.29, 0.717) is 34.4 Å². The number of hydrogen-bond donors (Lipinski definition) is 4. The summed E-state index contributed by atoms with van der Waals surface area (Å²) in [6.45, 7) is 4.11. The van der Waals surface area contributed by atoms with Crippen molar-refractivity contribution in [3.8, 4) is 11.3 Å². The van der Waals surface area contributed by atoms with Crippen LogP contribution in [0.4, 0.5) is 5.69 Å². The highest BCUT2D eigenvalue weighted by Gasteiger charge is 2.19. The molecular weight excluding hydrogens is 344 g/mol. The number of amides is 1. The summed E-state index contributed by atoms with van der Waals surface area (Å²) in [7, 11) is 0.